The van der Waals surface area contributed by atoms with Gasteiger partial charge in [0, 0.05) is 41.1 Å². The standard InChI is InChI=1S/C25H23BrN4O/c1-16-11-20(17(2)27-22-10-6-5-9-21(22)26)25-28-23(12-24(31)30(25)13-16)29-14-18-7-3-4-8-19(18)15-29/h3-13,17,27H,14-15H2,1-2H3. The minimum Gasteiger partial charge on any atom is -0.377 e. The van der Waals surface area contributed by atoms with Crippen molar-refractivity contribution >= 4 is 33.1 Å². The van der Waals surface area contributed by atoms with Crippen molar-refractivity contribution in [3.05, 3.63) is 104 Å². The van der Waals surface area contributed by atoms with Gasteiger partial charge in [-0.05, 0) is 64.7 Å². The van der Waals surface area contributed by atoms with Gasteiger partial charge in [0.05, 0.1) is 6.04 Å². The number of aromatic nitrogens is 2. The van der Waals surface area contributed by atoms with Crippen LogP contribution in [0.25, 0.3) is 5.65 Å². The summed E-state index contributed by atoms with van der Waals surface area (Å²) in [6.07, 6.45) is 1.86. The monoisotopic (exact) mass is 474 g/mol. The molecule has 0 amide bonds. The number of halogens is 1. The molecule has 3 heterocycles. The lowest BCUT2D eigenvalue weighted by Crippen LogP contribution is -2.23. The lowest BCUT2D eigenvalue weighted by Gasteiger charge is -2.21. The van der Waals surface area contributed by atoms with E-state index in [-0.39, 0.29) is 11.6 Å². The summed E-state index contributed by atoms with van der Waals surface area (Å²) >= 11 is 3.60. The number of nitrogens with zero attached hydrogens (tertiary/aromatic N) is 3. The first-order valence-corrected chi connectivity index (χ1v) is 11.2. The largest absolute Gasteiger partial charge is 0.377 e. The fraction of sp³-hybridized carbons (Fsp3) is 0.200. The van der Waals surface area contributed by atoms with Crippen LogP contribution in [0.5, 0.6) is 0 Å². The Morgan fingerprint density at radius 1 is 1.03 bits per heavy atom. The predicted molar refractivity (Wildman–Crippen MR) is 129 cm³/mol. The summed E-state index contributed by atoms with van der Waals surface area (Å²) in [5.41, 5.74) is 6.23. The van der Waals surface area contributed by atoms with Crippen LogP contribution in [0.3, 0.4) is 0 Å². The van der Waals surface area contributed by atoms with Gasteiger partial charge < -0.3 is 10.2 Å². The predicted octanol–water partition coefficient (Wildman–Crippen LogP) is 5.46. The first kappa shape index (κ1) is 19.8. The van der Waals surface area contributed by atoms with Crippen molar-refractivity contribution in [3.8, 4) is 0 Å². The molecule has 1 aliphatic heterocycles. The summed E-state index contributed by atoms with van der Waals surface area (Å²) in [4.78, 5) is 20.2. The second-order valence-corrected chi connectivity index (χ2v) is 8.94. The number of hydrogen-bond donors (Lipinski definition) is 1. The normalized spacial score (nSPS) is 14.0. The molecule has 0 spiro atoms. The quantitative estimate of drug-likeness (QED) is 0.426. The van der Waals surface area contributed by atoms with Crippen LogP contribution < -0.4 is 15.8 Å². The molecule has 5 rings (SSSR count). The minimum absolute atomic E-state index is 0.0356. The molecule has 4 aromatic rings. The molecule has 0 saturated carbocycles. The van der Waals surface area contributed by atoms with Crippen LogP contribution in [-0.4, -0.2) is 9.38 Å². The molecule has 0 radical (unpaired) electrons. The third kappa shape index (κ3) is 3.72. The molecule has 2 aromatic heterocycles. The van der Waals surface area contributed by atoms with E-state index in [1.165, 1.54) is 11.1 Å². The summed E-state index contributed by atoms with van der Waals surface area (Å²) in [5, 5.41) is 3.55. The van der Waals surface area contributed by atoms with Gasteiger partial charge in [-0.15, -0.1) is 0 Å². The number of anilines is 2. The molecule has 2 aromatic carbocycles. The highest BCUT2D eigenvalue weighted by molar-refractivity contribution is 9.10. The third-order valence-electron chi connectivity index (χ3n) is 5.79. The molecule has 0 aliphatic carbocycles. The summed E-state index contributed by atoms with van der Waals surface area (Å²) in [7, 11) is 0. The Kier molecular flexibility index (Phi) is 5.02. The van der Waals surface area contributed by atoms with Crippen molar-refractivity contribution in [1.82, 2.24) is 9.38 Å². The van der Waals surface area contributed by atoms with Gasteiger partial charge in [0.2, 0.25) is 0 Å². The van der Waals surface area contributed by atoms with Crippen molar-refractivity contribution < 1.29 is 0 Å². The van der Waals surface area contributed by atoms with Crippen molar-refractivity contribution in [2.75, 3.05) is 10.2 Å². The van der Waals surface area contributed by atoms with E-state index < -0.39 is 0 Å². The third-order valence-corrected chi connectivity index (χ3v) is 6.48. The number of pyridine rings is 1. The first-order chi connectivity index (χ1) is 15.0. The Morgan fingerprint density at radius 3 is 2.42 bits per heavy atom. The molecule has 1 aliphatic rings. The van der Waals surface area contributed by atoms with Gasteiger partial charge in [-0.25, -0.2) is 4.98 Å². The number of benzene rings is 2. The SMILES string of the molecule is Cc1cc(C(C)Nc2ccccc2Br)c2nc(N3Cc4ccccc4C3)cc(=O)n2c1. The highest BCUT2D eigenvalue weighted by Gasteiger charge is 2.22. The summed E-state index contributed by atoms with van der Waals surface area (Å²) in [5.74, 6) is 0.722. The van der Waals surface area contributed by atoms with Gasteiger partial charge >= 0.3 is 0 Å². The maximum absolute atomic E-state index is 13.0. The first-order valence-electron chi connectivity index (χ1n) is 10.4. The Balaban J connectivity index is 1.57. The zero-order valence-electron chi connectivity index (χ0n) is 17.5. The summed E-state index contributed by atoms with van der Waals surface area (Å²) in [6.45, 7) is 5.64. The van der Waals surface area contributed by atoms with E-state index in [4.69, 9.17) is 4.98 Å². The van der Waals surface area contributed by atoms with E-state index in [2.05, 4.69) is 63.4 Å². The second-order valence-electron chi connectivity index (χ2n) is 8.09. The number of fused-ring (bicyclic) bond motifs is 2. The Hall–Kier alpha value is -3.12. The van der Waals surface area contributed by atoms with Crippen molar-refractivity contribution in [1.29, 1.82) is 0 Å². The lowest BCUT2D eigenvalue weighted by molar-refractivity contribution is 0.832. The zero-order chi connectivity index (χ0) is 21.5. The zero-order valence-corrected chi connectivity index (χ0v) is 19.1. The van der Waals surface area contributed by atoms with Crippen molar-refractivity contribution in [3.63, 3.8) is 0 Å². The van der Waals surface area contributed by atoms with E-state index in [1.807, 2.05) is 37.4 Å². The number of hydrogen-bond acceptors (Lipinski definition) is 4. The Labute approximate surface area is 189 Å². The Morgan fingerprint density at radius 2 is 1.71 bits per heavy atom. The molecule has 1 atom stereocenters. The van der Waals surface area contributed by atoms with Crippen LogP contribution in [0.15, 0.2) is 76.1 Å². The smallest absolute Gasteiger partial charge is 0.259 e. The van der Waals surface area contributed by atoms with Crippen molar-refractivity contribution in [2.24, 2.45) is 0 Å². The van der Waals surface area contributed by atoms with Gasteiger partial charge in [-0.2, -0.15) is 0 Å². The van der Waals surface area contributed by atoms with Gasteiger partial charge in [-0.3, -0.25) is 9.20 Å². The van der Waals surface area contributed by atoms with Gasteiger partial charge in [-0.1, -0.05) is 36.4 Å². The van der Waals surface area contributed by atoms with E-state index in [0.717, 1.165) is 40.2 Å². The fourth-order valence-corrected chi connectivity index (χ4v) is 4.62. The van der Waals surface area contributed by atoms with Crippen LogP contribution in [0, 0.1) is 6.92 Å². The lowest BCUT2D eigenvalue weighted by atomic mass is 10.1. The topological polar surface area (TPSA) is 49.6 Å². The number of rotatable bonds is 4. The highest BCUT2D eigenvalue weighted by Crippen LogP contribution is 2.30. The van der Waals surface area contributed by atoms with Crippen molar-refractivity contribution in [2.45, 2.75) is 33.0 Å². The molecule has 1 N–H and O–H groups in total. The van der Waals surface area contributed by atoms with Crippen LogP contribution in [0.1, 0.15) is 35.2 Å². The van der Waals surface area contributed by atoms with Crippen LogP contribution in [0.4, 0.5) is 11.5 Å². The van der Waals surface area contributed by atoms with E-state index in [9.17, 15) is 4.79 Å². The average molecular weight is 475 g/mol. The van der Waals surface area contributed by atoms with E-state index >= 15 is 0 Å². The number of aryl methyl sites for hydroxylation is 1. The van der Waals surface area contributed by atoms with Gasteiger partial charge in [0.1, 0.15) is 11.5 Å². The molecule has 0 bridgehead atoms. The molecule has 1 unspecified atom stereocenters. The Bertz CT molecular complexity index is 1320. The molecule has 5 nitrogen and oxygen atoms in total. The molecular formula is C25H23BrN4O. The molecule has 6 heteroatoms. The molecule has 31 heavy (non-hydrogen) atoms. The molecule has 156 valence electrons. The highest BCUT2D eigenvalue weighted by atomic mass is 79.9. The minimum atomic E-state index is -0.0611. The number of para-hydroxylation sites is 1. The second kappa shape index (κ2) is 7.85. The van der Waals surface area contributed by atoms with E-state index in [1.54, 1.807) is 10.5 Å². The molecule has 0 saturated heterocycles. The molecular weight excluding hydrogens is 452 g/mol. The average Bonchev–Trinajstić information content (AvgIpc) is 3.19. The maximum atomic E-state index is 13.0. The fourth-order valence-electron chi connectivity index (χ4n) is 4.22. The van der Waals surface area contributed by atoms with Crippen LogP contribution in [0.2, 0.25) is 0 Å². The van der Waals surface area contributed by atoms with Gasteiger partial charge in [0.15, 0.2) is 0 Å². The maximum Gasteiger partial charge on any atom is 0.259 e. The van der Waals surface area contributed by atoms with Gasteiger partial charge in [0.25, 0.3) is 5.56 Å². The van der Waals surface area contributed by atoms with Crippen LogP contribution in [-0.2, 0) is 13.1 Å². The van der Waals surface area contributed by atoms with Crippen LogP contribution >= 0.6 is 15.9 Å². The summed E-state index contributed by atoms with van der Waals surface area (Å²) < 4.78 is 2.66. The van der Waals surface area contributed by atoms with E-state index in [0.29, 0.717) is 5.65 Å². The molecule has 0 fully saturated rings. The number of nitrogens with one attached hydrogen (secondary N) is 1. The summed E-state index contributed by atoms with van der Waals surface area (Å²) in [6, 6.07) is 20.1.